The molecule has 0 saturated heterocycles. The van der Waals surface area contributed by atoms with Crippen LogP contribution in [0.5, 0.6) is 5.75 Å². The molecule has 0 amide bonds. The molecule has 0 N–H and O–H groups in total. The van der Waals surface area contributed by atoms with Gasteiger partial charge in [0.15, 0.2) is 5.69 Å². The van der Waals surface area contributed by atoms with Crippen LogP contribution in [-0.4, -0.2) is 15.5 Å². The van der Waals surface area contributed by atoms with Crippen LogP contribution < -0.4 is 4.74 Å². The summed E-state index contributed by atoms with van der Waals surface area (Å²) in [5, 5.41) is 8.96. The van der Waals surface area contributed by atoms with Crippen LogP contribution in [-0.2, 0) is 6.18 Å². The van der Waals surface area contributed by atoms with Crippen LogP contribution in [0.1, 0.15) is 18.4 Å². The van der Waals surface area contributed by atoms with Gasteiger partial charge in [-0.2, -0.15) is 27.2 Å². The molecular weight excluding hydrogens is 357 g/mol. The molecule has 26 heavy (non-hydrogen) atoms. The number of aromatic nitrogens is 2. The third-order valence-electron chi connectivity index (χ3n) is 3.48. The van der Waals surface area contributed by atoms with Crippen molar-refractivity contribution in [2.45, 2.75) is 19.2 Å². The quantitative estimate of drug-likeness (QED) is 0.620. The lowest BCUT2D eigenvalue weighted by Gasteiger charge is -2.13. The van der Waals surface area contributed by atoms with Crippen molar-refractivity contribution in [2.75, 3.05) is 0 Å². The number of hydrogen-bond acceptors (Lipinski definition) is 3. The van der Waals surface area contributed by atoms with Crippen LogP contribution in [0.2, 0.25) is 0 Å². The maximum atomic E-state index is 13.1. The van der Waals surface area contributed by atoms with Crippen molar-refractivity contribution in [1.29, 1.82) is 5.26 Å². The van der Waals surface area contributed by atoms with E-state index in [1.54, 1.807) is 6.07 Å². The Bertz CT molecular complexity index is 995. The number of ether oxygens (including phenoxy) is 1. The lowest BCUT2D eigenvalue weighted by Crippen LogP contribution is -2.18. The molecular formula is C17H10F5N3O. The Balaban J connectivity index is 2.05. The lowest BCUT2D eigenvalue weighted by molar-refractivity contribution is -0.159. The first kappa shape index (κ1) is 17.7. The first-order valence-corrected chi connectivity index (χ1v) is 7.25. The van der Waals surface area contributed by atoms with Crippen LogP contribution in [0.25, 0.3) is 16.6 Å². The van der Waals surface area contributed by atoms with Crippen LogP contribution >= 0.6 is 0 Å². The summed E-state index contributed by atoms with van der Waals surface area (Å²) in [5.74, 6) is -1.29. The molecule has 2 aromatic heterocycles. The van der Waals surface area contributed by atoms with Gasteiger partial charge in [-0.3, -0.25) is 4.40 Å². The average molecular weight is 367 g/mol. The van der Waals surface area contributed by atoms with Gasteiger partial charge in [0.05, 0.1) is 5.52 Å². The van der Waals surface area contributed by atoms with E-state index in [4.69, 9.17) is 5.26 Å². The number of benzene rings is 1. The molecule has 3 rings (SSSR count). The number of alkyl halides is 5. The van der Waals surface area contributed by atoms with Gasteiger partial charge >= 0.3 is 12.3 Å². The second-order valence-corrected chi connectivity index (χ2v) is 5.50. The highest BCUT2D eigenvalue weighted by Gasteiger charge is 2.37. The number of hydrogen-bond donors (Lipinski definition) is 0. The van der Waals surface area contributed by atoms with Crippen LogP contribution in [0.15, 0.2) is 42.6 Å². The number of halogens is 5. The van der Waals surface area contributed by atoms with E-state index in [1.165, 1.54) is 42.6 Å². The minimum absolute atomic E-state index is 0.0224. The molecule has 0 radical (unpaired) electrons. The fourth-order valence-corrected chi connectivity index (χ4v) is 2.46. The molecule has 0 fully saturated rings. The zero-order valence-corrected chi connectivity index (χ0v) is 13.2. The van der Waals surface area contributed by atoms with Gasteiger partial charge in [0.1, 0.15) is 11.8 Å². The molecule has 1 aromatic carbocycles. The largest absolute Gasteiger partial charge is 0.450 e. The number of fused-ring (bicyclic) bond motifs is 1. The first-order chi connectivity index (χ1) is 12.1. The summed E-state index contributed by atoms with van der Waals surface area (Å²) in [6.07, 6.45) is -6.89. The van der Waals surface area contributed by atoms with E-state index >= 15 is 0 Å². The third-order valence-corrected chi connectivity index (χ3v) is 3.48. The van der Waals surface area contributed by atoms with E-state index in [-0.39, 0.29) is 17.0 Å². The highest BCUT2D eigenvalue weighted by molar-refractivity contribution is 5.69. The molecule has 9 heteroatoms. The molecule has 0 unspecified atom stereocenters. The summed E-state index contributed by atoms with van der Waals surface area (Å²) in [6, 6.07) is 9.96. The minimum atomic E-state index is -4.74. The van der Waals surface area contributed by atoms with Gasteiger partial charge in [0, 0.05) is 13.1 Å². The molecule has 0 aliphatic carbocycles. The van der Waals surface area contributed by atoms with Crippen molar-refractivity contribution in [3.63, 3.8) is 0 Å². The maximum absolute atomic E-state index is 13.1. The second kappa shape index (κ2) is 5.98. The Morgan fingerprint density at radius 2 is 1.62 bits per heavy atom. The van der Waals surface area contributed by atoms with Crippen LogP contribution in [0, 0.1) is 11.3 Å². The number of pyridine rings is 1. The van der Waals surface area contributed by atoms with Crippen molar-refractivity contribution < 1.29 is 26.7 Å². The number of nitriles is 1. The second-order valence-electron chi connectivity index (χ2n) is 5.50. The summed E-state index contributed by atoms with van der Waals surface area (Å²) < 4.78 is 70.3. The molecule has 0 aliphatic heterocycles. The summed E-state index contributed by atoms with van der Waals surface area (Å²) in [5.41, 5.74) is 0.561. The van der Waals surface area contributed by atoms with E-state index in [1.807, 2.05) is 0 Å². The van der Waals surface area contributed by atoms with Crippen LogP contribution in [0.4, 0.5) is 22.0 Å². The molecule has 3 aromatic rings. The molecule has 0 aliphatic rings. The van der Waals surface area contributed by atoms with Crippen molar-refractivity contribution in [2.24, 2.45) is 0 Å². The van der Waals surface area contributed by atoms with Crippen molar-refractivity contribution in [3.05, 3.63) is 54.1 Å². The van der Waals surface area contributed by atoms with Gasteiger partial charge in [-0.1, -0.05) is 18.2 Å². The van der Waals surface area contributed by atoms with Crippen LogP contribution in [0.3, 0.4) is 0 Å². The highest BCUT2D eigenvalue weighted by Crippen LogP contribution is 2.32. The maximum Gasteiger partial charge on any atom is 0.450 e. The van der Waals surface area contributed by atoms with Gasteiger partial charge in [-0.25, -0.2) is 4.98 Å². The summed E-state index contributed by atoms with van der Waals surface area (Å²) >= 11 is 0. The Labute approximate surface area is 144 Å². The van der Waals surface area contributed by atoms with Gasteiger partial charge in [-0.05, 0) is 29.3 Å². The van der Waals surface area contributed by atoms with Gasteiger partial charge in [0.2, 0.25) is 5.82 Å². The number of rotatable bonds is 3. The Morgan fingerprint density at radius 3 is 2.15 bits per heavy atom. The summed E-state index contributed by atoms with van der Waals surface area (Å²) in [4.78, 5) is 3.34. The van der Waals surface area contributed by atoms with E-state index in [9.17, 15) is 22.0 Å². The molecule has 0 bridgehead atoms. The Hall–Kier alpha value is -3.15. The predicted octanol–water partition coefficient (Wildman–Crippen LogP) is 4.88. The molecule has 4 nitrogen and oxygen atoms in total. The van der Waals surface area contributed by atoms with Crippen molar-refractivity contribution >= 4 is 5.52 Å². The zero-order chi connectivity index (χ0) is 19.1. The molecule has 0 saturated carbocycles. The number of nitrogens with zero attached hydrogens (tertiary/aromatic N) is 3. The first-order valence-electron chi connectivity index (χ1n) is 7.25. The van der Waals surface area contributed by atoms with Gasteiger partial charge < -0.3 is 4.74 Å². The smallest absolute Gasteiger partial charge is 0.433 e. The topological polar surface area (TPSA) is 50.3 Å². The zero-order valence-electron chi connectivity index (χ0n) is 13.2. The Morgan fingerprint density at radius 1 is 1.00 bits per heavy atom. The van der Waals surface area contributed by atoms with Gasteiger partial charge in [0.25, 0.3) is 0 Å². The molecule has 2 heterocycles. The fraction of sp³-hybridized carbons (Fsp3) is 0.176. The molecule has 0 spiro atoms. The lowest BCUT2D eigenvalue weighted by atomic mass is 10.1. The van der Waals surface area contributed by atoms with Crippen molar-refractivity contribution in [1.82, 2.24) is 9.38 Å². The van der Waals surface area contributed by atoms with Crippen molar-refractivity contribution in [3.8, 4) is 22.9 Å². The predicted molar refractivity (Wildman–Crippen MR) is 81.6 cm³/mol. The standard InChI is InChI=1S/C17H10F5N3O/c1-16(18,19)26-12-5-2-10(3-6-12)11-4-7-14-13(8-23)24-15(17(20,21)22)25(14)9-11/h2-7,9H,1H3. The van der Waals surface area contributed by atoms with E-state index in [0.717, 1.165) is 4.40 Å². The summed E-state index contributed by atoms with van der Waals surface area (Å²) in [7, 11) is 0. The summed E-state index contributed by atoms with van der Waals surface area (Å²) in [6.45, 7) is 0.597. The van der Waals surface area contributed by atoms with Gasteiger partial charge in [-0.15, -0.1) is 0 Å². The molecule has 134 valence electrons. The third kappa shape index (κ3) is 3.44. The van der Waals surface area contributed by atoms with E-state index in [0.29, 0.717) is 18.1 Å². The highest BCUT2D eigenvalue weighted by atomic mass is 19.4. The number of imidazole rings is 1. The van der Waals surface area contributed by atoms with E-state index < -0.39 is 18.1 Å². The SMILES string of the molecule is CC(F)(F)Oc1ccc(-c2ccc3c(C#N)nc(C(F)(F)F)n3c2)cc1. The average Bonchev–Trinajstić information content (AvgIpc) is 2.92. The Kier molecular flexibility index (Phi) is 4.06. The van der Waals surface area contributed by atoms with E-state index in [2.05, 4.69) is 9.72 Å². The minimum Gasteiger partial charge on any atom is -0.433 e. The fourth-order valence-electron chi connectivity index (χ4n) is 2.46. The monoisotopic (exact) mass is 367 g/mol. The normalized spacial score (nSPS) is 12.2. The molecule has 0 atom stereocenters.